The molecule has 0 bridgehead atoms. The predicted octanol–water partition coefficient (Wildman–Crippen LogP) is -0.255. The maximum absolute atomic E-state index is 9.35. The van der Waals surface area contributed by atoms with Gasteiger partial charge < -0.3 is 14.8 Å². The van der Waals surface area contributed by atoms with E-state index in [1.54, 1.807) is 13.0 Å². The Morgan fingerprint density at radius 1 is 1.47 bits per heavy atom. The lowest BCUT2D eigenvalue weighted by Gasteiger charge is -2.27. The molecule has 0 unspecified atom stereocenters. The molecule has 15 heavy (non-hydrogen) atoms. The van der Waals surface area contributed by atoms with Gasteiger partial charge in [-0.05, 0) is 6.92 Å². The van der Waals surface area contributed by atoms with Crippen molar-refractivity contribution in [2.45, 2.75) is 6.92 Å². The minimum atomic E-state index is -0.142. The fourth-order valence-electron chi connectivity index (χ4n) is 1.56. The van der Waals surface area contributed by atoms with E-state index in [1.807, 2.05) is 0 Å². The summed E-state index contributed by atoms with van der Waals surface area (Å²) in [5.41, 5.74) is 0.466. The number of aromatic nitrogens is 2. The van der Waals surface area contributed by atoms with Gasteiger partial charge in [0.05, 0.1) is 18.9 Å². The van der Waals surface area contributed by atoms with Gasteiger partial charge in [-0.1, -0.05) is 0 Å². The number of rotatable bonds is 1. The van der Waals surface area contributed by atoms with Crippen molar-refractivity contribution in [2.75, 3.05) is 31.2 Å². The van der Waals surface area contributed by atoms with E-state index in [2.05, 4.69) is 9.88 Å². The van der Waals surface area contributed by atoms with Crippen LogP contribution in [0.15, 0.2) is 6.07 Å². The Balaban J connectivity index is 2.32. The van der Waals surface area contributed by atoms with Crippen LogP contribution in [-0.2, 0) is 4.74 Å². The topological polar surface area (TPSA) is 74.4 Å². The maximum atomic E-state index is 9.35. The second-order valence-electron chi connectivity index (χ2n) is 3.49. The molecule has 1 aromatic rings. The van der Waals surface area contributed by atoms with Crippen molar-refractivity contribution in [1.82, 2.24) is 9.71 Å². The molecule has 6 heteroatoms. The van der Waals surface area contributed by atoms with Crippen molar-refractivity contribution < 1.29 is 9.94 Å². The molecular formula is C9H14N4O2. The minimum Gasteiger partial charge on any atom is -0.425 e. The van der Waals surface area contributed by atoms with Crippen LogP contribution in [0.3, 0.4) is 0 Å². The molecule has 1 fully saturated rings. The predicted molar refractivity (Wildman–Crippen MR) is 53.0 cm³/mol. The molecule has 0 atom stereocenters. The zero-order chi connectivity index (χ0) is 10.8. The van der Waals surface area contributed by atoms with E-state index in [0.29, 0.717) is 18.9 Å². The van der Waals surface area contributed by atoms with Crippen LogP contribution < -0.4 is 10.5 Å². The first-order valence-corrected chi connectivity index (χ1v) is 4.86. The Labute approximate surface area is 87.2 Å². The van der Waals surface area contributed by atoms with Crippen molar-refractivity contribution in [2.24, 2.45) is 0 Å². The largest absolute Gasteiger partial charge is 0.425 e. The molecule has 0 spiro atoms. The van der Waals surface area contributed by atoms with Crippen molar-refractivity contribution in [3.05, 3.63) is 17.4 Å². The van der Waals surface area contributed by atoms with Crippen molar-refractivity contribution in [3.63, 3.8) is 0 Å². The summed E-state index contributed by atoms with van der Waals surface area (Å²) in [4.78, 5) is 6.06. The molecule has 0 amide bonds. The number of morpholine rings is 1. The number of ether oxygens (including phenoxy) is 1. The van der Waals surface area contributed by atoms with Gasteiger partial charge in [-0.3, -0.25) is 5.41 Å². The van der Waals surface area contributed by atoms with E-state index in [0.717, 1.165) is 23.6 Å². The molecule has 2 N–H and O–H groups in total. The number of anilines is 1. The van der Waals surface area contributed by atoms with Crippen LogP contribution in [0.25, 0.3) is 0 Å². The van der Waals surface area contributed by atoms with Gasteiger partial charge in [0, 0.05) is 19.2 Å². The van der Waals surface area contributed by atoms with Crippen LogP contribution in [0.2, 0.25) is 0 Å². The van der Waals surface area contributed by atoms with E-state index in [4.69, 9.17) is 10.1 Å². The molecule has 0 saturated carbocycles. The molecule has 1 aliphatic rings. The summed E-state index contributed by atoms with van der Waals surface area (Å²) in [5.74, 6) is 0.728. The zero-order valence-electron chi connectivity index (χ0n) is 8.60. The van der Waals surface area contributed by atoms with E-state index in [9.17, 15) is 5.21 Å². The van der Waals surface area contributed by atoms with Gasteiger partial charge in [-0.25, -0.2) is 0 Å². The van der Waals surface area contributed by atoms with Crippen LogP contribution >= 0.6 is 0 Å². The summed E-state index contributed by atoms with van der Waals surface area (Å²) in [6.45, 7) is 4.66. The third-order valence-corrected chi connectivity index (χ3v) is 2.43. The standard InChI is InChI=1S/C9H14N4O2/c1-7-6-8(11-9(10)13(7)14)12-2-4-15-5-3-12/h6,10,14H,2-5H2,1H3. The molecular weight excluding hydrogens is 196 g/mol. The first kappa shape index (κ1) is 9.97. The highest BCUT2D eigenvalue weighted by Gasteiger charge is 2.13. The van der Waals surface area contributed by atoms with Crippen LogP contribution in [0.1, 0.15) is 5.69 Å². The van der Waals surface area contributed by atoms with Gasteiger partial charge in [-0.2, -0.15) is 9.71 Å². The molecule has 1 aromatic heterocycles. The van der Waals surface area contributed by atoms with Crippen molar-refractivity contribution in [1.29, 1.82) is 5.41 Å². The fourth-order valence-corrected chi connectivity index (χ4v) is 1.56. The fraction of sp³-hybridized carbons (Fsp3) is 0.556. The van der Waals surface area contributed by atoms with E-state index in [-0.39, 0.29) is 5.62 Å². The number of nitrogens with zero attached hydrogens (tertiary/aromatic N) is 3. The molecule has 2 heterocycles. The highest BCUT2D eigenvalue weighted by molar-refractivity contribution is 5.38. The molecule has 0 aliphatic carbocycles. The summed E-state index contributed by atoms with van der Waals surface area (Å²) in [7, 11) is 0. The van der Waals surface area contributed by atoms with Crippen LogP contribution in [0, 0.1) is 12.3 Å². The SMILES string of the molecule is Cc1cc(N2CCOCC2)nc(=N)n1O. The van der Waals surface area contributed by atoms with Crippen molar-refractivity contribution in [3.8, 4) is 0 Å². The van der Waals surface area contributed by atoms with Gasteiger partial charge in [0.15, 0.2) is 0 Å². The first-order chi connectivity index (χ1) is 7.18. The molecule has 6 nitrogen and oxygen atoms in total. The number of hydrogen-bond acceptors (Lipinski definition) is 5. The van der Waals surface area contributed by atoms with Crippen LogP contribution in [0.5, 0.6) is 0 Å². The summed E-state index contributed by atoms with van der Waals surface area (Å²) >= 11 is 0. The van der Waals surface area contributed by atoms with Gasteiger partial charge in [0.25, 0.3) is 5.62 Å². The number of nitrogens with one attached hydrogen (secondary N) is 1. The molecule has 1 aliphatic heterocycles. The summed E-state index contributed by atoms with van der Waals surface area (Å²) in [5, 5.41) is 16.8. The Morgan fingerprint density at radius 3 is 2.73 bits per heavy atom. The number of hydrogen-bond donors (Lipinski definition) is 2. The van der Waals surface area contributed by atoms with E-state index < -0.39 is 0 Å². The van der Waals surface area contributed by atoms with Crippen molar-refractivity contribution >= 4 is 5.82 Å². The zero-order valence-corrected chi connectivity index (χ0v) is 8.60. The van der Waals surface area contributed by atoms with Gasteiger partial charge in [-0.15, -0.1) is 0 Å². The molecule has 2 rings (SSSR count). The van der Waals surface area contributed by atoms with Gasteiger partial charge >= 0.3 is 0 Å². The summed E-state index contributed by atoms with van der Waals surface area (Å²) in [6, 6.07) is 1.77. The molecule has 0 aromatic carbocycles. The Hall–Kier alpha value is -1.56. The Bertz CT molecular complexity index is 409. The second kappa shape index (κ2) is 3.90. The van der Waals surface area contributed by atoms with E-state index >= 15 is 0 Å². The Morgan fingerprint density at radius 2 is 2.13 bits per heavy atom. The normalized spacial score (nSPS) is 16.7. The van der Waals surface area contributed by atoms with Gasteiger partial charge in [0.1, 0.15) is 5.82 Å². The molecule has 82 valence electrons. The summed E-state index contributed by atoms with van der Waals surface area (Å²) in [6.07, 6.45) is 0. The highest BCUT2D eigenvalue weighted by atomic mass is 16.5. The quantitative estimate of drug-likeness (QED) is 0.626. The second-order valence-corrected chi connectivity index (χ2v) is 3.49. The third-order valence-electron chi connectivity index (χ3n) is 2.43. The number of aryl methyl sites for hydroxylation is 1. The molecule has 1 saturated heterocycles. The average molecular weight is 210 g/mol. The third kappa shape index (κ3) is 1.94. The lowest BCUT2D eigenvalue weighted by Crippen LogP contribution is -2.38. The first-order valence-electron chi connectivity index (χ1n) is 4.86. The average Bonchev–Trinajstić information content (AvgIpc) is 2.26. The van der Waals surface area contributed by atoms with E-state index in [1.165, 1.54) is 0 Å². The monoisotopic (exact) mass is 210 g/mol. The van der Waals surface area contributed by atoms with Crippen LogP contribution in [0.4, 0.5) is 5.82 Å². The smallest absolute Gasteiger partial charge is 0.257 e. The lowest BCUT2D eigenvalue weighted by atomic mass is 10.3. The minimum absolute atomic E-state index is 0.142. The molecule has 0 radical (unpaired) electrons. The highest BCUT2D eigenvalue weighted by Crippen LogP contribution is 2.11. The van der Waals surface area contributed by atoms with Gasteiger partial charge in [0.2, 0.25) is 0 Å². The lowest BCUT2D eigenvalue weighted by molar-refractivity contribution is 0.122. The maximum Gasteiger partial charge on any atom is 0.257 e. The summed E-state index contributed by atoms with van der Waals surface area (Å²) < 4.78 is 6.00. The van der Waals surface area contributed by atoms with Crippen LogP contribution in [-0.4, -0.2) is 41.2 Å². The Kier molecular flexibility index (Phi) is 2.59.